The quantitative estimate of drug-likeness (QED) is 0.756. The van der Waals surface area contributed by atoms with Crippen molar-refractivity contribution < 1.29 is 14.0 Å². The van der Waals surface area contributed by atoms with E-state index < -0.39 is 11.7 Å². The molecule has 4 rings (SSSR count). The number of benzene rings is 2. The summed E-state index contributed by atoms with van der Waals surface area (Å²) in [5, 5.41) is 3.22. The van der Waals surface area contributed by atoms with Gasteiger partial charge in [0.05, 0.1) is 27.9 Å². The van der Waals surface area contributed by atoms with E-state index in [2.05, 4.69) is 15.3 Å². The molecule has 2 amide bonds. The van der Waals surface area contributed by atoms with E-state index in [4.69, 9.17) is 23.2 Å². The second kappa shape index (κ2) is 8.38. The molecule has 0 atom stereocenters. The van der Waals surface area contributed by atoms with Crippen LogP contribution in [0, 0.1) is 5.82 Å². The van der Waals surface area contributed by atoms with Gasteiger partial charge in [0, 0.05) is 30.3 Å². The van der Waals surface area contributed by atoms with Crippen molar-refractivity contribution in [3.63, 3.8) is 0 Å². The first kappa shape index (κ1) is 20.3. The molecule has 0 spiro atoms. The average Bonchev–Trinajstić information content (AvgIpc) is 2.75. The molecular formula is C21H15Cl2FN4O2. The predicted molar refractivity (Wildman–Crippen MR) is 114 cm³/mol. The fourth-order valence-electron chi connectivity index (χ4n) is 3.13. The summed E-state index contributed by atoms with van der Waals surface area (Å²) in [5.74, 6) is -1.31. The van der Waals surface area contributed by atoms with Crippen molar-refractivity contribution in [2.45, 2.75) is 6.42 Å². The number of nitrogens with zero attached hydrogens (tertiary/aromatic N) is 3. The van der Waals surface area contributed by atoms with Gasteiger partial charge in [0.1, 0.15) is 5.82 Å². The molecule has 2 aliphatic rings. The van der Waals surface area contributed by atoms with Gasteiger partial charge in [-0.15, -0.1) is 0 Å². The van der Waals surface area contributed by atoms with Crippen molar-refractivity contribution in [2.75, 3.05) is 13.1 Å². The van der Waals surface area contributed by atoms with Gasteiger partial charge >= 0.3 is 0 Å². The summed E-state index contributed by atoms with van der Waals surface area (Å²) < 4.78 is 13.8. The van der Waals surface area contributed by atoms with Crippen LogP contribution in [0.3, 0.4) is 0 Å². The molecule has 0 saturated carbocycles. The van der Waals surface area contributed by atoms with Gasteiger partial charge in [0.25, 0.3) is 11.8 Å². The molecule has 0 aromatic heterocycles. The van der Waals surface area contributed by atoms with E-state index in [1.54, 1.807) is 29.3 Å². The number of hydrogen-bond donors (Lipinski definition) is 1. The molecule has 2 aliphatic heterocycles. The summed E-state index contributed by atoms with van der Waals surface area (Å²) >= 11 is 11.9. The molecule has 0 bridgehead atoms. The van der Waals surface area contributed by atoms with Gasteiger partial charge in [-0.1, -0.05) is 35.3 Å². The molecule has 2 aromatic carbocycles. The highest BCUT2D eigenvalue weighted by molar-refractivity contribution is 6.42. The van der Waals surface area contributed by atoms with Crippen LogP contribution >= 0.6 is 23.2 Å². The van der Waals surface area contributed by atoms with Crippen molar-refractivity contribution in [1.29, 1.82) is 0 Å². The highest BCUT2D eigenvalue weighted by Gasteiger charge is 2.25. The fraction of sp³-hybridized carbons (Fsp3) is 0.143. The number of carbonyl (C=O) groups excluding carboxylic acids is 2. The first-order valence-corrected chi connectivity index (χ1v) is 9.83. The van der Waals surface area contributed by atoms with E-state index in [9.17, 15) is 14.0 Å². The monoisotopic (exact) mass is 444 g/mol. The molecular weight excluding hydrogens is 430 g/mol. The van der Waals surface area contributed by atoms with Crippen LogP contribution < -0.4 is 5.32 Å². The lowest BCUT2D eigenvalue weighted by Gasteiger charge is -2.27. The highest BCUT2D eigenvalue weighted by atomic mass is 35.5. The Morgan fingerprint density at radius 1 is 1.10 bits per heavy atom. The normalized spacial score (nSPS) is 15.6. The minimum atomic E-state index is -0.617. The molecule has 2 heterocycles. The van der Waals surface area contributed by atoms with E-state index in [1.807, 2.05) is 0 Å². The number of guanidine groups is 1. The van der Waals surface area contributed by atoms with Crippen molar-refractivity contribution >= 4 is 46.7 Å². The van der Waals surface area contributed by atoms with Crippen LogP contribution in [0.4, 0.5) is 4.39 Å². The molecule has 0 aliphatic carbocycles. The minimum Gasteiger partial charge on any atom is -0.314 e. The van der Waals surface area contributed by atoms with Gasteiger partial charge in [0.2, 0.25) is 5.96 Å². The number of aliphatic imine (C=N–C) groups is 2. The first-order chi connectivity index (χ1) is 14.4. The maximum atomic E-state index is 13.8. The van der Waals surface area contributed by atoms with Crippen LogP contribution in [-0.2, 0) is 0 Å². The standard InChI is InChI=1S/C21H15Cl2FN4O2/c22-15-6-5-12(9-16(15)23)20(30)28-8-7-18-13(11-28)10-25-21(26-18)27-19(29)14-3-1-2-4-17(14)24/h1-6,9,11H,7-8,10H2,(H,25,27,29). The number of carbonyl (C=O) groups is 2. The Morgan fingerprint density at radius 2 is 1.90 bits per heavy atom. The topological polar surface area (TPSA) is 74.1 Å². The van der Waals surface area contributed by atoms with Gasteiger partial charge in [-0.05, 0) is 30.3 Å². The molecule has 1 N–H and O–H groups in total. The Labute approximate surface area is 181 Å². The molecule has 0 fully saturated rings. The van der Waals surface area contributed by atoms with E-state index in [1.165, 1.54) is 24.3 Å². The van der Waals surface area contributed by atoms with Crippen LogP contribution in [-0.4, -0.2) is 41.5 Å². The van der Waals surface area contributed by atoms with Crippen molar-refractivity contribution in [3.8, 4) is 0 Å². The van der Waals surface area contributed by atoms with Gasteiger partial charge in [-0.3, -0.25) is 14.9 Å². The molecule has 30 heavy (non-hydrogen) atoms. The molecule has 6 nitrogen and oxygen atoms in total. The summed E-state index contributed by atoms with van der Waals surface area (Å²) in [4.78, 5) is 35.2. The number of amides is 2. The Hall–Kier alpha value is -3.03. The number of rotatable bonds is 2. The summed E-state index contributed by atoms with van der Waals surface area (Å²) in [6, 6.07) is 10.4. The molecule has 9 heteroatoms. The zero-order valence-corrected chi connectivity index (χ0v) is 17.0. The van der Waals surface area contributed by atoms with Crippen molar-refractivity contribution in [2.24, 2.45) is 9.98 Å². The zero-order valence-electron chi connectivity index (χ0n) is 15.5. The van der Waals surface area contributed by atoms with Gasteiger partial charge in [-0.25, -0.2) is 14.4 Å². The Kier molecular flexibility index (Phi) is 5.65. The smallest absolute Gasteiger partial charge is 0.260 e. The van der Waals surface area contributed by atoms with E-state index in [0.29, 0.717) is 28.6 Å². The lowest BCUT2D eigenvalue weighted by atomic mass is 10.0. The maximum Gasteiger partial charge on any atom is 0.260 e. The maximum absolute atomic E-state index is 13.8. The van der Waals surface area contributed by atoms with Crippen LogP contribution in [0.1, 0.15) is 27.1 Å². The molecule has 0 saturated heterocycles. The number of halogens is 3. The van der Waals surface area contributed by atoms with Crippen molar-refractivity contribution in [1.82, 2.24) is 10.2 Å². The highest BCUT2D eigenvalue weighted by Crippen LogP contribution is 2.25. The average molecular weight is 445 g/mol. The predicted octanol–water partition coefficient (Wildman–Crippen LogP) is 4.10. The summed E-state index contributed by atoms with van der Waals surface area (Å²) in [6.07, 6.45) is 2.19. The minimum absolute atomic E-state index is 0.0798. The first-order valence-electron chi connectivity index (χ1n) is 9.07. The summed E-state index contributed by atoms with van der Waals surface area (Å²) in [5.41, 5.74) is 1.85. The van der Waals surface area contributed by atoms with Gasteiger partial charge in [0.15, 0.2) is 0 Å². The summed E-state index contributed by atoms with van der Waals surface area (Å²) in [7, 11) is 0. The lowest BCUT2D eigenvalue weighted by Crippen LogP contribution is -2.38. The zero-order chi connectivity index (χ0) is 21.3. The van der Waals surface area contributed by atoms with Crippen LogP contribution in [0.5, 0.6) is 0 Å². The van der Waals surface area contributed by atoms with Crippen LogP contribution in [0.25, 0.3) is 0 Å². The lowest BCUT2D eigenvalue weighted by molar-refractivity contribution is 0.0822. The number of fused-ring (bicyclic) bond motifs is 1. The Bertz CT molecular complexity index is 1140. The molecule has 152 valence electrons. The second-order valence-corrected chi connectivity index (χ2v) is 7.48. The van der Waals surface area contributed by atoms with Crippen molar-refractivity contribution in [3.05, 3.63) is 81.2 Å². The van der Waals surface area contributed by atoms with Gasteiger partial charge in [-0.2, -0.15) is 0 Å². The second-order valence-electron chi connectivity index (χ2n) is 6.66. The SMILES string of the molecule is O=C(NC1=NCC2=CN(C(=O)c3ccc(Cl)c(Cl)c3)CCC2=N1)c1ccccc1F. The summed E-state index contributed by atoms with van der Waals surface area (Å²) in [6.45, 7) is 0.660. The Balaban J connectivity index is 1.47. The molecule has 2 aromatic rings. The largest absolute Gasteiger partial charge is 0.314 e. The van der Waals surface area contributed by atoms with Crippen LogP contribution in [0.2, 0.25) is 10.0 Å². The number of nitrogens with one attached hydrogen (secondary N) is 1. The van der Waals surface area contributed by atoms with E-state index in [-0.39, 0.29) is 24.0 Å². The van der Waals surface area contributed by atoms with E-state index >= 15 is 0 Å². The van der Waals surface area contributed by atoms with E-state index in [0.717, 1.165) is 11.3 Å². The molecule has 0 radical (unpaired) electrons. The molecule has 0 unspecified atom stereocenters. The fourth-order valence-corrected chi connectivity index (χ4v) is 3.43. The third-order valence-corrected chi connectivity index (χ3v) is 5.42. The Morgan fingerprint density at radius 3 is 2.67 bits per heavy atom. The van der Waals surface area contributed by atoms with Gasteiger partial charge < -0.3 is 4.90 Å². The number of hydrogen-bond acceptors (Lipinski definition) is 4. The third-order valence-electron chi connectivity index (χ3n) is 4.68. The third kappa shape index (κ3) is 4.13. The van der Waals surface area contributed by atoms with Crippen LogP contribution in [0.15, 0.2) is 64.2 Å².